The number of sulfone groups is 1. The topological polar surface area (TPSA) is 69.2 Å². The van der Waals surface area contributed by atoms with E-state index in [0.717, 1.165) is 16.5 Å². The smallest absolute Gasteiger partial charge is 0.230 e. The second-order valence-corrected chi connectivity index (χ2v) is 8.10. The molecule has 0 aliphatic carbocycles. The highest BCUT2D eigenvalue weighted by Gasteiger charge is 2.13. The van der Waals surface area contributed by atoms with Crippen LogP contribution in [-0.4, -0.2) is 24.6 Å². The van der Waals surface area contributed by atoms with Crippen LogP contribution in [0, 0.1) is 0 Å². The van der Waals surface area contributed by atoms with Gasteiger partial charge in [0.2, 0.25) is 5.88 Å². The molecule has 3 aromatic carbocycles. The van der Waals surface area contributed by atoms with Crippen LogP contribution in [0.25, 0.3) is 22.3 Å². The van der Waals surface area contributed by atoms with Gasteiger partial charge in [-0.3, -0.25) is 0 Å². The molecule has 0 bridgehead atoms. The molecule has 0 saturated carbocycles. The molecule has 0 amide bonds. The van der Waals surface area contributed by atoms with E-state index in [-0.39, 0.29) is 4.90 Å². The number of rotatable bonds is 4. The van der Waals surface area contributed by atoms with Gasteiger partial charge in [-0.1, -0.05) is 48.5 Å². The SMILES string of the molecule is CS(=O)(=O)c1cccc(Oc2nc(-c3ccccc3)nc3ccccc23)c1. The molecule has 134 valence electrons. The fraction of sp³-hybridized carbons (Fsp3) is 0.0476. The van der Waals surface area contributed by atoms with Crippen LogP contribution < -0.4 is 4.74 Å². The van der Waals surface area contributed by atoms with Gasteiger partial charge in [-0.15, -0.1) is 0 Å². The van der Waals surface area contributed by atoms with Crippen molar-refractivity contribution in [3.63, 3.8) is 0 Å². The van der Waals surface area contributed by atoms with Crippen molar-refractivity contribution < 1.29 is 13.2 Å². The zero-order valence-electron chi connectivity index (χ0n) is 14.5. The Morgan fingerprint density at radius 3 is 2.33 bits per heavy atom. The van der Waals surface area contributed by atoms with Gasteiger partial charge >= 0.3 is 0 Å². The van der Waals surface area contributed by atoms with Crippen LogP contribution in [0.4, 0.5) is 0 Å². The first-order valence-corrected chi connectivity index (χ1v) is 10.2. The average Bonchev–Trinajstić information content (AvgIpc) is 2.68. The third-order valence-corrected chi connectivity index (χ3v) is 5.16. The molecule has 5 nitrogen and oxygen atoms in total. The quantitative estimate of drug-likeness (QED) is 0.525. The first-order chi connectivity index (χ1) is 13.0. The van der Waals surface area contributed by atoms with Gasteiger partial charge in [0, 0.05) is 11.8 Å². The number of hydrogen-bond acceptors (Lipinski definition) is 5. The van der Waals surface area contributed by atoms with Gasteiger partial charge in [0.25, 0.3) is 0 Å². The minimum Gasteiger partial charge on any atom is -0.438 e. The Bertz CT molecular complexity index is 1220. The first-order valence-electron chi connectivity index (χ1n) is 8.31. The maximum atomic E-state index is 11.8. The predicted molar refractivity (Wildman–Crippen MR) is 105 cm³/mol. The number of aromatic nitrogens is 2. The van der Waals surface area contributed by atoms with Crippen LogP contribution in [0.15, 0.2) is 83.8 Å². The fourth-order valence-electron chi connectivity index (χ4n) is 2.72. The Morgan fingerprint density at radius 2 is 1.56 bits per heavy atom. The number of ether oxygens (including phenoxy) is 1. The lowest BCUT2D eigenvalue weighted by Gasteiger charge is -2.11. The summed E-state index contributed by atoms with van der Waals surface area (Å²) in [5, 5.41) is 0.752. The summed E-state index contributed by atoms with van der Waals surface area (Å²) in [7, 11) is -3.32. The maximum Gasteiger partial charge on any atom is 0.230 e. The maximum absolute atomic E-state index is 11.8. The van der Waals surface area contributed by atoms with E-state index < -0.39 is 9.84 Å². The standard InChI is InChI=1S/C21H16N2O3S/c1-27(24,25)17-11-7-10-16(14-17)26-21-18-12-5-6-13-19(18)22-20(23-21)15-8-3-2-4-9-15/h2-14H,1H3. The minimum absolute atomic E-state index is 0.196. The van der Waals surface area contributed by atoms with Crippen molar-refractivity contribution >= 4 is 20.7 Å². The van der Waals surface area contributed by atoms with Crippen LogP contribution in [0.1, 0.15) is 0 Å². The van der Waals surface area contributed by atoms with Crippen molar-refractivity contribution in [3.05, 3.63) is 78.9 Å². The highest BCUT2D eigenvalue weighted by molar-refractivity contribution is 7.90. The van der Waals surface area contributed by atoms with Crippen molar-refractivity contribution in [1.29, 1.82) is 0 Å². The molecule has 0 atom stereocenters. The molecular formula is C21H16N2O3S. The Hall–Kier alpha value is -3.25. The summed E-state index contributed by atoms with van der Waals surface area (Å²) in [5.74, 6) is 1.33. The zero-order chi connectivity index (χ0) is 18.9. The zero-order valence-corrected chi connectivity index (χ0v) is 15.3. The lowest BCUT2D eigenvalue weighted by atomic mass is 10.2. The third kappa shape index (κ3) is 3.66. The highest BCUT2D eigenvalue weighted by atomic mass is 32.2. The average molecular weight is 376 g/mol. The first kappa shape index (κ1) is 17.2. The van der Waals surface area contributed by atoms with Crippen molar-refractivity contribution in [3.8, 4) is 23.0 Å². The van der Waals surface area contributed by atoms with Crippen molar-refractivity contribution in [2.45, 2.75) is 4.90 Å². The van der Waals surface area contributed by atoms with E-state index in [2.05, 4.69) is 9.97 Å². The van der Waals surface area contributed by atoms with Gasteiger partial charge in [-0.2, -0.15) is 4.98 Å². The van der Waals surface area contributed by atoms with Crippen LogP contribution in [0.2, 0.25) is 0 Å². The normalized spacial score (nSPS) is 11.4. The van der Waals surface area contributed by atoms with Gasteiger partial charge in [0.1, 0.15) is 5.75 Å². The highest BCUT2D eigenvalue weighted by Crippen LogP contribution is 2.30. The van der Waals surface area contributed by atoms with Crippen molar-refractivity contribution in [1.82, 2.24) is 9.97 Å². The summed E-state index contributed by atoms with van der Waals surface area (Å²) in [6.45, 7) is 0. The van der Waals surface area contributed by atoms with Crippen LogP contribution >= 0.6 is 0 Å². The molecule has 27 heavy (non-hydrogen) atoms. The summed E-state index contributed by atoms with van der Waals surface area (Å²) >= 11 is 0. The van der Waals surface area contributed by atoms with Crippen LogP contribution in [0.5, 0.6) is 11.6 Å². The number of para-hydroxylation sites is 1. The second kappa shape index (κ2) is 6.81. The van der Waals surface area contributed by atoms with Gasteiger partial charge in [-0.25, -0.2) is 13.4 Å². The Balaban J connectivity index is 1.84. The molecule has 0 aliphatic rings. The molecule has 4 aromatic rings. The van der Waals surface area contributed by atoms with Gasteiger partial charge in [0.05, 0.1) is 15.8 Å². The summed E-state index contributed by atoms with van der Waals surface area (Å²) in [4.78, 5) is 9.39. The lowest BCUT2D eigenvalue weighted by molar-refractivity contribution is 0.467. The lowest BCUT2D eigenvalue weighted by Crippen LogP contribution is -1.99. The van der Waals surface area contributed by atoms with Crippen LogP contribution in [0.3, 0.4) is 0 Å². The molecular weight excluding hydrogens is 360 g/mol. The van der Waals surface area contributed by atoms with Crippen molar-refractivity contribution in [2.24, 2.45) is 0 Å². The van der Waals surface area contributed by atoms with E-state index in [1.54, 1.807) is 12.1 Å². The molecule has 0 spiro atoms. The van der Waals surface area contributed by atoms with E-state index in [9.17, 15) is 8.42 Å². The second-order valence-electron chi connectivity index (χ2n) is 6.08. The molecule has 1 heterocycles. The Labute approximate surface area is 157 Å². The van der Waals surface area contributed by atoms with E-state index in [4.69, 9.17) is 4.74 Å². The largest absolute Gasteiger partial charge is 0.438 e. The number of hydrogen-bond donors (Lipinski definition) is 0. The van der Waals surface area contributed by atoms with Gasteiger partial charge < -0.3 is 4.74 Å². The molecule has 0 radical (unpaired) electrons. The number of benzene rings is 3. The summed E-state index contributed by atoms with van der Waals surface area (Å²) in [6.07, 6.45) is 1.17. The number of nitrogens with zero attached hydrogens (tertiary/aromatic N) is 2. The Kier molecular flexibility index (Phi) is 4.33. The molecule has 0 unspecified atom stereocenters. The molecule has 1 aromatic heterocycles. The van der Waals surface area contributed by atoms with E-state index >= 15 is 0 Å². The number of fused-ring (bicyclic) bond motifs is 1. The van der Waals surface area contributed by atoms with Gasteiger partial charge in [-0.05, 0) is 30.3 Å². The summed E-state index contributed by atoms with van der Waals surface area (Å²) < 4.78 is 29.6. The molecule has 0 fully saturated rings. The summed E-state index contributed by atoms with van der Waals surface area (Å²) in [6, 6.07) is 23.6. The molecule has 6 heteroatoms. The molecule has 0 aliphatic heterocycles. The fourth-order valence-corrected chi connectivity index (χ4v) is 3.38. The molecule has 0 N–H and O–H groups in total. The monoisotopic (exact) mass is 376 g/mol. The summed E-state index contributed by atoms with van der Waals surface area (Å²) in [5.41, 5.74) is 1.62. The van der Waals surface area contributed by atoms with E-state index in [1.807, 2.05) is 54.6 Å². The van der Waals surface area contributed by atoms with Crippen molar-refractivity contribution in [2.75, 3.05) is 6.26 Å². The minimum atomic E-state index is -3.32. The Morgan fingerprint density at radius 1 is 0.815 bits per heavy atom. The van der Waals surface area contributed by atoms with Gasteiger partial charge in [0.15, 0.2) is 15.7 Å². The third-order valence-electron chi connectivity index (χ3n) is 4.05. The molecule has 4 rings (SSSR count). The van der Waals surface area contributed by atoms with E-state index in [1.165, 1.54) is 18.4 Å². The predicted octanol–water partition coefficient (Wildman–Crippen LogP) is 4.49. The molecule has 0 saturated heterocycles. The van der Waals surface area contributed by atoms with Crippen LogP contribution in [-0.2, 0) is 9.84 Å². The van der Waals surface area contributed by atoms with E-state index in [0.29, 0.717) is 17.5 Å².